The normalized spacial score (nSPS) is 14.2. The molecule has 2 atom stereocenters. The van der Waals surface area contributed by atoms with Crippen LogP contribution in [-0.4, -0.2) is 21.2 Å². The first-order valence-electron chi connectivity index (χ1n) is 6.77. The van der Waals surface area contributed by atoms with Crippen LogP contribution in [0.25, 0.3) is 11.5 Å². The van der Waals surface area contributed by atoms with E-state index in [2.05, 4.69) is 38.0 Å². The second-order valence-corrected chi connectivity index (χ2v) is 6.04. The molecule has 5 nitrogen and oxygen atoms in total. The fraction of sp³-hybridized carbons (Fsp3) is 0.500. The van der Waals surface area contributed by atoms with E-state index in [9.17, 15) is 0 Å². The van der Waals surface area contributed by atoms with Crippen LogP contribution in [0.3, 0.4) is 0 Å². The van der Waals surface area contributed by atoms with Crippen molar-refractivity contribution in [2.45, 2.75) is 45.1 Å². The molecule has 6 heteroatoms. The first-order chi connectivity index (χ1) is 9.56. The van der Waals surface area contributed by atoms with Gasteiger partial charge in [0.15, 0.2) is 0 Å². The third-order valence-corrected chi connectivity index (χ3v) is 3.59. The van der Waals surface area contributed by atoms with Gasteiger partial charge in [0.2, 0.25) is 11.7 Å². The smallest absolute Gasteiger partial charge is 0.229 e. The highest BCUT2D eigenvalue weighted by Crippen LogP contribution is 2.23. The van der Waals surface area contributed by atoms with E-state index in [4.69, 9.17) is 10.3 Å². The van der Waals surface area contributed by atoms with Crippen LogP contribution < -0.4 is 5.73 Å². The van der Waals surface area contributed by atoms with Crippen LogP contribution in [0.4, 0.5) is 0 Å². The summed E-state index contributed by atoms with van der Waals surface area (Å²) in [5.41, 5.74) is 6.46. The standard InChI is InChI=1S/C14H19BrN4O/c1-9(4-3-5-10(2)16)14-18-13(19-20-14)12-7-6-11(15)8-17-12/h6-10H,3-5,16H2,1-2H3. The molecule has 0 aliphatic heterocycles. The summed E-state index contributed by atoms with van der Waals surface area (Å²) in [5.74, 6) is 1.44. The molecule has 2 rings (SSSR count). The van der Waals surface area contributed by atoms with Crippen LogP contribution in [0.2, 0.25) is 0 Å². The van der Waals surface area contributed by atoms with E-state index in [-0.39, 0.29) is 12.0 Å². The van der Waals surface area contributed by atoms with E-state index >= 15 is 0 Å². The molecular formula is C14H19BrN4O. The molecular weight excluding hydrogens is 320 g/mol. The summed E-state index contributed by atoms with van der Waals surface area (Å²) in [7, 11) is 0. The lowest BCUT2D eigenvalue weighted by Gasteiger charge is -2.07. The Bertz CT molecular complexity index is 538. The summed E-state index contributed by atoms with van der Waals surface area (Å²) in [5, 5.41) is 3.99. The zero-order valence-corrected chi connectivity index (χ0v) is 13.3. The average Bonchev–Trinajstić information content (AvgIpc) is 2.88. The van der Waals surface area contributed by atoms with E-state index in [1.165, 1.54) is 0 Å². The van der Waals surface area contributed by atoms with Crippen molar-refractivity contribution in [2.24, 2.45) is 5.73 Å². The van der Waals surface area contributed by atoms with Gasteiger partial charge < -0.3 is 10.3 Å². The Morgan fingerprint density at radius 1 is 1.30 bits per heavy atom. The highest BCUT2D eigenvalue weighted by molar-refractivity contribution is 9.10. The average molecular weight is 339 g/mol. The minimum absolute atomic E-state index is 0.241. The maximum Gasteiger partial charge on any atom is 0.229 e. The van der Waals surface area contributed by atoms with Crippen LogP contribution in [0.5, 0.6) is 0 Å². The maximum absolute atomic E-state index is 5.75. The predicted octanol–water partition coefficient (Wildman–Crippen LogP) is 3.52. The Kier molecular flexibility index (Phi) is 5.25. The van der Waals surface area contributed by atoms with Gasteiger partial charge in [-0.15, -0.1) is 0 Å². The molecule has 2 N–H and O–H groups in total. The van der Waals surface area contributed by atoms with E-state index in [0.29, 0.717) is 17.4 Å². The minimum Gasteiger partial charge on any atom is -0.339 e. The molecule has 0 aromatic carbocycles. The van der Waals surface area contributed by atoms with Gasteiger partial charge in [-0.3, -0.25) is 4.98 Å². The van der Waals surface area contributed by atoms with Crippen molar-refractivity contribution in [3.8, 4) is 11.5 Å². The molecule has 20 heavy (non-hydrogen) atoms. The Balaban J connectivity index is 1.99. The van der Waals surface area contributed by atoms with E-state index in [1.807, 2.05) is 19.1 Å². The van der Waals surface area contributed by atoms with Crippen LogP contribution >= 0.6 is 15.9 Å². The van der Waals surface area contributed by atoms with Crippen molar-refractivity contribution < 1.29 is 4.52 Å². The third-order valence-electron chi connectivity index (χ3n) is 3.12. The largest absolute Gasteiger partial charge is 0.339 e. The van der Waals surface area contributed by atoms with E-state index in [1.54, 1.807) is 6.20 Å². The van der Waals surface area contributed by atoms with Crippen LogP contribution in [0, 0.1) is 0 Å². The molecule has 2 heterocycles. The molecule has 0 aliphatic carbocycles. The minimum atomic E-state index is 0.241. The lowest BCUT2D eigenvalue weighted by atomic mass is 10.0. The topological polar surface area (TPSA) is 77.8 Å². The van der Waals surface area contributed by atoms with Gasteiger partial charge in [0.1, 0.15) is 5.69 Å². The van der Waals surface area contributed by atoms with Crippen molar-refractivity contribution in [1.29, 1.82) is 0 Å². The van der Waals surface area contributed by atoms with Gasteiger partial charge >= 0.3 is 0 Å². The third kappa shape index (κ3) is 4.11. The molecule has 0 bridgehead atoms. The lowest BCUT2D eigenvalue weighted by Crippen LogP contribution is -2.14. The number of nitrogens with two attached hydrogens (primary N) is 1. The molecule has 0 saturated heterocycles. The SMILES string of the molecule is CC(N)CCCC(C)c1nc(-c2ccc(Br)cn2)no1. The molecule has 0 radical (unpaired) electrons. The van der Waals surface area contributed by atoms with Crippen LogP contribution in [-0.2, 0) is 0 Å². The molecule has 0 amide bonds. The van der Waals surface area contributed by atoms with Gasteiger partial charge in [0.25, 0.3) is 0 Å². The van der Waals surface area contributed by atoms with Crippen molar-refractivity contribution in [3.05, 3.63) is 28.7 Å². The van der Waals surface area contributed by atoms with E-state index in [0.717, 1.165) is 23.7 Å². The van der Waals surface area contributed by atoms with Crippen molar-refractivity contribution in [1.82, 2.24) is 15.1 Å². The summed E-state index contributed by atoms with van der Waals surface area (Å²) in [6, 6.07) is 4.01. The summed E-state index contributed by atoms with van der Waals surface area (Å²) >= 11 is 3.35. The fourth-order valence-electron chi connectivity index (χ4n) is 1.92. The molecule has 0 saturated carbocycles. The molecule has 2 aromatic rings. The molecule has 0 spiro atoms. The summed E-state index contributed by atoms with van der Waals surface area (Å²) in [6.45, 7) is 4.11. The van der Waals surface area contributed by atoms with Gasteiger partial charge in [-0.1, -0.05) is 18.5 Å². The number of hydrogen-bond donors (Lipinski definition) is 1. The second-order valence-electron chi connectivity index (χ2n) is 5.13. The molecule has 2 aromatic heterocycles. The fourth-order valence-corrected chi connectivity index (χ4v) is 2.15. The van der Waals surface area contributed by atoms with Crippen molar-refractivity contribution >= 4 is 15.9 Å². The van der Waals surface area contributed by atoms with Gasteiger partial charge in [-0.2, -0.15) is 4.98 Å². The lowest BCUT2D eigenvalue weighted by molar-refractivity contribution is 0.349. The maximum atomic E-state index is 5.75. The second kappa shape index (κ2) is 6.95. The highest BCUT2D eigenvalue weighted by atomic mass is 79.9. The van der Waals surface area contributed by atoms with Gasteiger partial charge in [-0.25, -0.2) is 0 Å². The zero-order valence-electron chi connectivity index (χ0n) is 11.7. The number of nitrogens with zero attached hydrogens (tertiary/aromatic N) is 3. The molecule has 0 aliphatic rings. The first kappa shape index (κ1) is 15.1. The summed E-state index contributed by atoms with van der Waals surface area (Å²) in [6.07, 6.45) is 4.79. The highest BCUT2D eigenvalue weighted by Gasteiger charge is 2.15. The number of aromatic nitrogens is 3. The number of rotatable bonds is 6. The van der Waals surface area contributed by atoms with Gasteiger partial charge in [0.05, 0.1) is 0 Å². The number of hydrogen-bond acceptors (Lipinski definition) is 5. The predicted molar refractivity (Wildman–Crippen MR) is 81.1 cm³/mol. The zero-order chi connectivity index (χ0) is 14.5. The number of pyridine rings is 1. The first-order valence-corrected chi connectivity index (χ1v) is 7.56. The van der Waals surface area contributed by atoms with Gasteiger partial charge in [0, 0.05) is 22.6 Å². The molecule has 2 unspecified atom stereocenters. The van der Waals surface area contributed by atoms with E-state index < -0.39 is 0 Å². The Morgan fingerprint density at radius 3 is 2.75 bits per heavy atom. The summed E-state index contributed by atoms with van der Waals surface area (Å²) in [4.78, 5) is 8.68. The monoisotopic (exact) mass is 338 g/mol. The number of halogens is 1. The van der Waals surface area contributed by atoms with Crippen LogP contribution in [0.1, 0.15) is 44.9 Å². The quantitative estimate of drug-likeness (QED) is 0.871. The molecule has 108 valence electrons. The van der Waals surface area contributed by atoms with Gasteiger partial charge in [-0.05, 0) is 47.8 Å². The van der Waals surface area contributed by atoms with Crippen molar-refractivity contribution in [3.63, 3.8) is 0 Å². The molecule has 0 fully saturated rings. The Labute approximate surface area is 127 Å². The summed E-state index contributed by atoms with van der Waals surface area (Å²) < 4.78 is 6.25. The van der Waals surface area contributed by atoms with Crippen LogP contribution in [0.15, 0.2) is 27.3 Å². The van der Waals surface area contributed by atoms with Crippen molar-refractivity contribution in [2.75, 3.05) is 0 Å². The Hall–Kier alpha value is -1.27. The Morgan fingerprint density at radius 2 is 2.10 bits per heavy atom.